The normalized spacial score (nSPS) is 17.6. The summed E-state index contributed by atoms with van der Waals surface area (Å²) in [6.45, 7) is 4.76. The first-order valence-corrected chi connectivity index (χ1v) is 9.88. The first-order valence-electron chi connectivity index (χ1n) is 9.88. The minimum Gasteiger partial charge on any atom is -0.497 e. The van der Waals surface area contributed by atoms with Crippen molar-refractivity contribution in [2.45, 2.75) is 32.7 Å². The van der Waals surface area contributed by atoms with Crippen molar-refractivity contribution in [3.05, 3.63) is 48.2 Å². The molecule has 0 bridgehead atoms. The van der Waals surface area contributed by atoms with E-state index in [0.29, 0.717) is 36.4 Å². The lowest BCUT2D eigenvalue weighted by Crippen LogP contribution is -2.35. The number of nitrogens with zero attached hydrogens (tertiary/aromatic N) is 1. The van der Waals surface area contributed by atoms with Gasteiger partial charge in [0, 0.05) is 31.3 Å². The SMILES string of the molecule is COc1cccc(Oc2ccc(CNC(=O)CC(C)C3CCCNC3)cn2)c1. The maximum Gasteiger partial charge on any atom is 0.220 e. The summed E-state index contributed by atoms with van der Waals surface area (Å²) < 4.78 is 10.9. The van der Waals surface area contributed by atoms with Crippen molar-refractivity contribution >= 4 is 5.91 Å². The number of rotatable bonds is 8. The van der Waals surface area contributed by atoms with Crippen molar-refractivity contribution in [3.63, 3.8) is 0 Å². The average molecular weight is 383 g/mol. The first-order chi connectivity index (χ1) is 13.6. The van der Waals surface area contributed by atoms with Crippen LogP contribution < -0.4 is 20.1 Å². The first kappa shape index (κ1) is 20.1. The number of pyridine rings is 1. The largest absolute Gasteiger partial charge is 0.497 e. The van der Waals surface area contributed by atoms with Crippen molar-refractivity contribution in [2.24, 2.45) is 11.8 Å². The van der Waals surface area contributed by atoms with Crippen LogP contribution in [0.1, 0.15) is 31.7 Å². The van der Waals surface area contributed by atoms with Crippen LogP contribution in [0.25, 0.3) is 0 Å². The van der Waals surface area contributed by atoms with Gasteiger partial charge in [-0.25, -0.2) is 4.98 Å². The molecule has 1 fully saturated rings. The number of carbonyl (C=O) groups is 1. The van der Waals surface area contributed by atoms with E-state index in [1.807, 2.05) is 24.3 Å². The second kappa shape index (κ2) is 10.1. The van der Waals surface area contributed by atoms with Crippen LogP contribution in [0.3, 0.4) is 0 Å². The fourth-order valence-electron chi connectivity index (χ4n) is 3.46. The molecule has 0 aliphatic carbocycles. The molecule has 150 valence electrons. The lowest BCUT2D eigenvalue weighted by Gasteiger charge is -2.28. The molecule has 1 aromatic carbocycles. The van der Waals surface area contributed by atoms with Crippen molar-refractivity contribution in [1.29, 1.82) is 0 Å². The number of nitrogens with one attached hydrogen (secondary N) is 2. The molecule has 2 unspecified atom stereocenters. The smallest absolute Gasteiger partial charge is 0.220 e. The van der Waals surface area contributed by atoms with Crippen molar-refractivity contribution in [3.8, 4) is 17.4 Å². The Morgan fingerprint density at radius 1 is 1.32 bits per heavy atom. The highest BCUT2D eigenvalue weighted by Gasteiger charge is 2.21. The molecule has 0 spiro atoms. The molecule has 2 heterocycles. The third-order valence-electron chi connectivity index (χ3n) is 5.20. The molecule has 1 aliphatic heterocycles. The van der Waals surface area contributed by atoms with E-state index >= 15 is 0 Å². The summed E-state index contributed by atoms with van der Waals surface area (Å²) in [6, 6.07) is 11.1. The van der Waals surface area contributed by atoms with Gasteiger partial charge in [0.15, 0.2) is 0 Å². The summed E-state index contributed by atoms with van der Waals surface area (Å²) in [5.74, 6) is 2.98. The van der Waals surface area contributed by atoms with E-state index in [2.05, 4.69) is 22.5 Å². The zero-order valence-electron chi connectivity index (χ0n) is 16.6. The molecule has 1 aromatic heterocycles. The predicted octanol–water partition coefficient (Wildman–Crippen LogP) is 3.52. The van der Waals surface area contributed by atoms with Crippen LogP contribution in [0.2, 0.25) is 0 Å². The van der Waals surface area contributed by atoms with Crippen LogP contribution >= 0.6 is 0 Å². The van der Waals surface area contributed by atoms with Gasteiger partial charge in [-0.15, -0.1) is 0 Å². The molecule has 1 amide bonds. The number of aromatic nitrogens is 1. The van der Waals surface area contributed by atoms with Gasteiger partial charge < -0.3 is 20.1 Å². The molecule has 0 radical (unpaired) electrons. The second-order valence-corrected chi connectivity index (χ2v) is 7.35. The number of methoxy groups -OCH3 is 1. The van der Waals surface area contributed by atoms with Crippen LogP contribution in [0.4, 0.5) is 0 Å². The second-order valence-electron chi connectivity index (χ2n) is 7.35. The molecule has 0 saturated carbocycles. The molecule has 2 atom stereocenters. The molecule has 28 heavy (non-hydrogen) atoms. The van der Waals surface area contributed by atoms with E-state index in [9.17, 15) is 4.79 Å². The van der Waals surface area contributed by atoms with Gasteiger partial charge in [0.05, 0.1) is 7.11 Å². The number of piperidine rings is 1. The number of ether oxygens (including phenoxy) is 2. The summed E-state index contributed by atoms with van der Waals surface area (Å²) in [6.07, 6.45) is 4.70. The zero-order chi connectivity index (χ0) is 19.8. The standard InChI is InChI=1S/C22H29N3O3/c1-16(18-5-4-10-23-15-18)11-21(26)24-13-17-8-9-22(25-14-17)28-20-7-3-6-19(12-20)27-2/h3,6-9,12,14,16,18,23H,4-5,10-11,13,15H2,1-2H3,(H,24,26). The van der Waals surface area contributed by atoms with Crippen LogP contribution in [0, 0.1) is 11.8 Å². The third kappa shape index (κ3) is 5.96. The monoisotopic (exact) mass is 383 g/mol. The Morgan fingerprint density at radius 2 is 2.18 bits per heavy atom. The van der Waals surface area contributed by atoms with Gasteiger partial charge in [0.1, 0.15) is 11.5 Å². The Labute approximate surface area is 166 Å². The molecule has 1 saturated heterocycles. The van der Waals surface area contributed by atoms with E-state index in [0.717, 1.165) is 24.4 Å². The number of benzene rings is 1. The van der Waals surface area contributed by atoms with Gasteiger partial charge in [-0.1, -0.05) is 19.1 Å². The van der Waals surface area contributed by atoms with Gasteiger partial charge in [0.25, 0.3) is 0 Å². The van der Waals surface area contributed by atoms with Crippen LogP contribution in [0.5, 0.6) is 17.4 Å². The summed E-state index contributed by atoms with van der Waals surface area (Å²) in [7, 11) is 1.62. The molecular weight excluding hydrogens is 354 g/mol. The minimum atomic E-state index is 0.0924. The number of hydrogen-bond acceptors (Lipinski definition) is 5. The van der Waals surface area contributed by atoms with Gasteiger partial charge in [-0.3, -0.25) is 4.79 Å². The molecule has 2 N–H and O–H groups in total. The molecular formula is C22H29N3O3. The fraction of sp³-hybridized carbons (Fsp3) is 0.455. The van der Waals surface area contributed by atoms with E-state index in [1.54, 1.807) is 25.4 Å². The molecule has 2 aromatic rings. The lowest BCUT2D eigenvalue weighted by molar-refractivity contribution is -0.122. The summed E-state index contributed by atoms with van der Waals surface area (Å²) >= 11 is 0. The van der Waals surface area contributed by atoms with Crippen molar-refractivity contribution < 1.29 is 14.3 Å². The van der Waals surface area contributed by atoms with Gasteiger partial charge in [-0.2, -0.15) is 0 Å². The van der Waals surface area contributed by atoms with Gasteiger partial charge in [-0.05, 0) is 55.5 Å². The van der Waals surface area contributed by atoms with Crippen LogP contribution in [0.15, 0.2) is 42.6 Å². The zero-order valence-corrected chi connectivity index (χ0v) is 16.6. The number of amides is 1. The topological polar surface area (TPSA) is 72.5 Å². The van der Waals surface area contributed by atoms with Gasteiger partial charge >= 0.3 is 0 Å². The highest BCUT2D eigenvalue weighted by molar-refractivity contribution is 5.76. The maximum atomic E-state index is 12.2. The van der Waals surface area contributed by atoms with Crippen LogP contribution in [-0.2, 0) is 11.3 Å². The number of carbonyl (C=O) groups excluding carboxylic acids is 1. The van der Waals surface area contributed by atoms with Crippen LogP contribution in [-0.4, -0.2) is 31.1 Å². The van der Waals surface area contributed by atoms with Crippen molar-refractivity contribution in [1.82, 2.24) is 15.6 Å². The van der Waals surface area contributed by atoms with Gasteiger partial charge in [0.2, 0.25) is 11.8 Å². The fourth-order valence-corrected chi connectivity index (χ4v) is 3.46. The Balaban J connectivity index is 1.45. The molecule has 6 heteroatoms. The highest BCUT2D eigenvalue weighted by Crippen LogP contribution is 2.24. The maximum absolute atomic E-state index is 12.2. The third-order valence-corrected chi connectivity index (χ3v) is 5.20. The van der Waals surface area contributed by atoms with E-state index in [-0.39, 0.29) is 5.91 Å². The highest BCUT2D eigenvalue weighted by atomic mass is 16.5. The number of hydrogen-bond donors (Lipinski definition) is 2. The summed E-state index contributed by atoms with van der Waals surface area (Å²) in [4.78, 5) is 16.6. The molecule has 1 aliphatic rings. The molecule has 3 rings (SSSR count). The Bertz CT molecular complexity index is 758. The van der Waals surface area contributed by atoms with Crippen molar-refractivity contribution in [2.75, 3.05) is 20.2 Å². The van der Waals surface area contributed by atoms with E-state index < -0.39 is 0 Å². The summed E-state index contributed by atoms with van der Waals surface area (Å²) in [5, 5.41) is 6.41. The predicted molar refractivity (Wildman–Crippen MR) is 109 cm³/mol. The minimum absolute atomic E-state index is 0.0924. The van der Waals surface area contributed by atoms with E-state index in [1.165, 1.54) is 12.8 Å². The molecule has 6 nitrogen and oxygen atoms in total. The summed E-state index contributed by atoms with van der Waals surface area (Å²) in [5.41, 5.74) is 0.943. The van der Waals surface area contributed by atoms with E-state index in [4.69, 9.17) is 9.47 Å². The Hall–Kier alpha value is -2.60. The Morgan fingerprint density at radius 3 is 2.89 bits per heavy atom. The quantitative estimate of drug-likeness (QED) is 0.730. The average Bonchev–Trinajstić information content (AvgIpc) is 2.74. The lowest BCUT2D eigenvalue weighted by atomic mass is 9.85. The Kier molecular flexibility index (Phi) is 7.25.